The maximum absolute atomic E-state index is 12.8. The fourth-order valence-electron chi connectivity index (χ4n) is 3.24. The predicted molar refractivity (Wildman–Crippen MR) is 104 cm³/mol. The number of rotatable bonds is 6. The van der Waals surface area contributed by atoms with E-state index in [4.69, 9.17) is 4.42 Å². The van der Waals surface area contributed by atoms with Gasteiger partial charge in [-0.05, 0) is 33.2 Å². The average Bonchev–Trinajstić information content (AvgIpc) is 3.21. The third kappa shape index (κ3) is 3.90. The van der Waals surface area contributed by atoms with E-state index in [0.717, 1.165) is 6.07 Å². The van der Waals surface area contributed by atoms with E-state index in [9.17, 15) is 24.8 Å². The molecule has 152 valence electrons. The molecule has 29 heavy (non-hydrogen) atoms. The zero-order chi connectivity index (χ0) is 21.3. The number of hydrogen-bond donors (Lipinski definition) is 1. The first-order chi connectivity index (χ1) is 13.7. The number of nitro benzene ring substituents is 1. The number of carbonyl (C=O) groups is 2. The monoisotopic (exact) mass is 399 g/mol. The summed E-state index contributed by atoms with van der Waals surface area (Å²) < 4.78 is 5.67. The van der Waals surface area contributed by atoms with Crippen molar-refractivity contribution in [3.05, 3.63) is 69.2 Å². The lowest BCUT2D eigenvalue weighted by Crippen LogP contribution is -2.35. The van der Waals surface area contributed by atoms with Crippen molar-refractivity contribution in [1.82, 2.24) is 9.80 Å². The second kappa shape index (κ2) is 7.88. The molecule has 0 saturated carbocycles. The fourth-order valence-corrected chi connectivity index (χ4v) is 3.24. The SMILES string of the molecule is Cc1ccc(C2/C(=C(/O)c3cccc([N+](=O)[O-])c3)C(=O)C(=O)N2CCN(C)C)o1. The van der Waals surface area contributed by atoms with Gasteiger partial charge in [-0.3, -0.25) is 19.7 Å². The zero-order valence-electron chi connectivity index (χ0n) is 16.3. The van der Waals surface area contributed by atoms with Crippen molar-refractivity contribution in [3.8, 4) is 0 Å². The Morgan fingerprint density at radius 1 is 1.28 bits per heavy atom. The number of likely N-dealkylation sites (N-methyl/N-ethyl adjacent to an activating group) is 1. The van der Waals surface area contributed by atoms with Gasteiger partial charge in [0.1, 0.15) is 23.3 Å². The third-order valence-electron chi connectivity index (χ3n) is 4.69. The summed E-state index contributed by atoms with van der Waals surface area (Å²) in [6, 6.07) is 7.72. The van der Waals surface area contributed by atoms with Crippen molar-refractivity contribution < 1.29 is 24.0 Å². The van der Waals surface area contributed by atoms with Crippen LogP contribution in [-0.2, 0) is 9.59 Å². The summed E-state index contributed by atoms with van der Waals surface area (Å²) in [4.78, 5) is 39.2. The molecule has 1 aliphatic heterocycles. The number of nitrogens with zero attached hydrogens (tertiary/aromatic N) is 3. The number of likely N-dealkylation sites (tertiary alicyclic amines) is 1. The Morgan fingerprint density at radius 3 is 2.59 bits per heavy atom. The Labute approximate surface area is 167 Å². The Bertz CT molecular complexity index is 1010. The van der Waals surface area contributed by atoms with E-state index in [1.54, 1.807) is 19.1 Å². The Hall–Kier alpha value is -3.46. The van der Waals surface area contributed by atoms with Crippen LogP contribution in [-0.4, -0.2) is 58.7 Å². The standard InChI is InChI=1S/C20H21N3O6/c1-12-7-8-15(29-12)17-16(19(25)20(26)22(17)10-9-21(2)3)18(24)13-5-4-6-14(11-13)23(27)28/h4-8,11,17,24H,9-10H2,1-3H3/b18-16-. The predicted octanol–water partition coefficient (Wildman–Crippen LogP) is 2.48. The molecule has 1 atom stereocenters. The molecule has 0 bridgehead atoms. The molecule has 1 N–H and O–H groups in total. The molecule has 0 spiro atoms. The maximum atomic E-state index is 12.8. The van der Waals surface area contributed by atoms with Gasteiger partial charge in [0.05, 0.1) is 10.5 Å². The van der Waals surface area contributed by atoms with Crippen LogP contribution >= 0.6 is 0 Å². The number of aryl methyl sites for hydroxylation is 1. The molecular formula is C20H21N3O6. The number of ketones is 1. The van der Waals surface area contributed by atoms with Gasteiger partial charge in [-0.1, -0.05) is 12.1 Å². The van der Waals surface area contributed by atoms with E-state index in [1.807, 2.05) is 19.0 Å². The number of carbonyl (C=O) groups excluding carboxylic acids is 2. The van der Waals surface area contributed by atoms with Gasteiger partial charge < -0.3 is 19.3 Å². The summed E-state index contributed by atoms with van der Waals surface area (Å²) in [5, 5.41) is 21.9. The number of amides is 1. The molecule has 1 unspecified atom stereocenters. The highest BCUT2D eigenvalue weighted by Crippen LogP contribution is 2.40. The van der Waals surface area contributed by atoms with Crippen LogP contribution in [0.15, 0.2) is 46.4 Å². The van der Waals surface area contributed by atoms with Gasteiger partial charge in [0.25, 0.3) is 17.4 Å². The first kappa shape index (κ1) is 20.3. The first-order valence-corrected chi connectivity index (χ1v) is 8.95. The fraction of sp³-hybridized carbons (Fsp3) is 0.300. The largest absolute Gasteiger partial charge is 0.507 e. The molecule has 0 aliphatic carbocycles. The topological polar surface area (TPSA) is 117 Å². The number of nitro groups is 1. The number of benzene rings is 1. The van der Waals surface area contributed by atoms with E-state index in [0.29, 0.717) is 18.1 Å². The summed E-state index contributed by atoms with van der Waals surface area (Å²) >= 11 is 0. The highest BCUT2D eigenvalue weighted by molar-refractivity contribution is 6.46. The summed E-state index contributed by atoms with van der Waals surface area (Å²) in [6.07, 6.45) is 0. The number of aliphatic hydroxyl groups excluding tert-OH is 1. The number of furan rings is 1. The Morgan fingerprint density at radius 2 is 2.00 bits per heavy atom. The molecule has 1 amide bonds. The number of hydrogen-bond acceptors (Lipinski definition) is 7. The molecule has 2 aromatic rings. The highest BCUT2D eigenvalue weighted by atomic mass is 16.6. The molecule has 0 radical (unpaired) electrons. The van der Waals surface area contributed by atoms with Crippen molar-refractivity contribution >= 4 is 23.1 Å². The van der Waals surface area contributed by atoms with Crippen molar-refractivity contribution in [2.45, 2.75) is 13.0 Å². The zero-order valence-corrected chi connectivity index (χ0v) is 16.3. The molecule has 2 heterocycles. The lowest BCUT2D eigenvalue weighted by atomic mass is 9.99. The average molecular weight is 399 g/mol. The van der Waals surface area contributed by atoms with Crippen molar-refractivity contribution in [2.75, 3.05) is 27.2 Å². The summed E-state index contributed by atoms with van der Waals surface area (Å²) in [5.74, 6) is -1.15. The molecule has 1 aliphatic rings. The van der Waals surface area contributed by atoms with Gasteiger partial charge in [0.2, 0.25) is 0 Å². The molecule has 1 aromatic carbocycles. The first-order valence-electron chi connectivity index (χ1n) is 8.95. The third-order valence-corrected chi connectivity index (χ3v) is 4.69. The number of aliphatic hydroxyl groups is 1. The van der Waals surface area contributed by atoms with Crippen molar-refractivity contribution in [2.24, 2.45) is 0 Å². The molecule has 9 heteroatoms. The van der Waals surface area contributed by atoms with Crippen LogP contribution < -0.4 is 0 Å². The van der Waals surface area contributed by atoms with E-state index >= 15 is 0 Å². The van der Waals surface area contributed by atoms with Gasteiger partial charge in [-0.25, -0.2) is 0 Å². The molecule has 1 aromatic heterocycles. The lowest BCUT2D eigenvalue weighted by Gasteiger charge is -2.24. The van der Waals surface area contributed by atoms with Gasteiger partial charge in [0, 0.05) is 30.8 Å². The Balaban J connectivity index is 2.14. The van der Waals surface area contributed by atoms with Crippen LogP contribution in [0.1, 0.15) is 23.1 Å². The van der Waals surface area contributed by atoms with Crippen LogP contribution in [0.4, 0.5) is 5.69 Å². The van der Waals surface area contributed by atoms with Crippen LogP contribution in [0.3, 0.4) is 0 Å². The normalized spacial score (nSPS) is 18.6. The van der Waals surface area contributed by atoms with Crippen LogP contribution in [0, 0.1) is 17.0 Å². The lowest BCUT2D eigenvalue weighted by molar-refractivity contribution is -0.384. The van der Waals surface area contributed by atoms with E-state index < -0.39 is 28.4 Å². The number of Topliss-reactive ketones (excluding diaryl/α,β-unsaturated/α-hetero) is 1. The molecule has 9 nitrogen and oxygen atoms in total. The van der Waals surface area contributed by atoms with Gasteiger partial charge in [0.15, 0.2) is 0 Å². The van der Waals surface area contributed by atoms with Crippen molar-refractivity contribution in [1.29, 1.82) is 0 Å². The smallest absolute Gasteiger partial charge is 0.295 e. The molecule has 1 fully saturated rings. The number of non-ortho nitro benzene ring substituents is 1. The van der Waals surface area contributed by atoms with Crippen LogP contribution in [0.5, 0.6) is 0 Å². The minimum Gasteiger partial charge on any atom is -0.507 e. The van der Waals surface area contributed by atoms with Crippen LogP contribution in [0.25, 0.3) is 5.76 Å². The second-order valence-electron chi connectivity index (χ2n) is 7.05. The van der Waals surface area contributed by atoms with E-state index in [-0.39, 0.29) is 23.4 Å². The van der Waals surface area contributed by atoms with Gasteiger partial charge in [-0.15, -0.1) is 0 Å². The second-order valence-corrected chi connectivity index (χ2v) is 7.05. The highest BCUT2D eigenvalue weighted by Gasteiger charge is 2.47. The molecule has 1 saturated heterocycles. The minimum absolute atomic E-state index is 0.0816. The minimum atomic E-state index is -0.914. The van der Waals surface area contributed by atoms with Crippen LogP contribution in [0.2, 0.25) is 0 Å². The van der Waals surface area contributed by atoms with E-state index in [2.05, 4.69) is 0 Å². The molecule has 3 rings (SSSR count). The maximum Gasteiger partial charge on any atom is 0.295 e. The molecular weight excluding hydrogens is 378 g/mol. The Kier molecular flexibility index (Phi) is 5.51. The summed E-state index contributed by atoms with van der Waals surface area (Å²) in [7, 11) is 3.68. The van der Waals surface area contributed by atoms with Crippen molar-refractivity contribution in [3.63, 3.8) is 0 Å². The van der Waals surface area contributed by atoms with E-state index in [1.165, 1.54) is 23.1 Å². The summed E-state index contributed by atoms with van der Waals surface area (Å²) in [6.45, 7) is 2.48. The quantitative estimate of drug-likeness (QED) is 0.261. The summed E-state index contributed by atoms with van der Waals surface area (Å²) in [5.41, 5.74) is -0.303. The van der Waals surface area contributed by atoms with Gasteiger partial charge in [-0.2, -0.15) is 0 Å². The van der Waals surface area contributed by atoms with Gasteiger partial charge >= 0.3 is 0 Å².